The summed E-state index contributed by atoms with van der Waals surface area (Å²) in [6.45, 7) is 1.94. The molecule has 0 unspecified atom stereocenters. The maximum absolute atomic E-state index is 8.75. The molecule has 1 aromatic heterocycles. The lowest BCUT2D eigenvalue weighted by Crippen LogP contribution is -2.01. The smallest absolute Gasteiger partial charge is 0.189 e. The van der Waals surface area contributed by atoms with E-state index < -0.39 is 0 Å². The Labute approximate surface area is 80.6 Å². The molecular weight excluding hydrogens is 178 g/mol. The standard InChI is InChI=1S/C9H7N5/c1-7-4-2-3-5-8(7)14-9(6-10)11-12-13-14/h2-5H,1H3. The maximum atomic E-state index is 8.75. The summed E-state index contributed by atoms with van der Waals surface area (Å²) in [4.78, 5) is 0. The zero-order chi connectivity index (χ0) is 9.97. The van der Waals surface area contributed by atoms with Crippen molar-refractivity contribution in [3.05, 3.63) is 35.7 Å². The van der Waals surface area contributed by atoms with Gasteiger partial charge in [-0.3, -0.25) is 0 Å². The fourth-order valence-corrected chi connectivity index (χ4v) is 1.22. The van der Waals surface area contributed by atoms with Gasteiger partial charge in [0.2, 0.25) is 0 Å². The first-order chi connectivity index (χ1) is 6.83. The molecule has 0 radical (unpaired) electrons. The Morgan fingerprint density at radius 3 is 2.86 bits per heavy atom. The minimum Gasteiger partial charge on any atom is -0.189 e. The topological polar surface area (TPSA) is 67.4 Å². The molecule has 0 N–H and O–H groups in total. The van der Waals surface area contributed by atoms with Crippen LogP contribution in [0.5, 0.6) is 0 Å². The molecule has 1 heterocycles. The summed E-state index contributed by atoms with van der Waals surface area (Å²) in [5, 5.41) is 19.5. The van der Waals surface area contributed by atoms with Crippen LogP contribution in [0.3, 0.4) is 0 Å². The van der Waals surface area contributed by atoms with Gasteiger partial charge in [0, 0.05) is 0 Å². The van der Waals surface area contributed by atoms with Crippen molar-refractivity contribution in [2.45, 2.75) is 6.92 Å². The Kier molecular flexibility index (Phi) is 1.95. The number of tetrazole rings is 1. The number of rotatable bonds is 1. The highest BCUT2D eigenvalue weighted by Crippen LogP contribution is 2.12. The van der Waals surface area contributed by atoms with Crippen LogP contribution in [-0.4, -0.2) is 20.2 Å². The average molecular weight is 185 g/mol. The van der Waals surface area contributed by atoms with E-state index in [-0.39, 0.29) is 5.82 Å². The van der Waals surface area contributed by atoms with E-state index in [9.17, 15) is 0 Å². The van der Waals surface area contributed by atoms with Gasteiger partial charge in [-0.15, -0.1) is 0 Å². The fourth-order valence-electron chi connectivity index (χ4n) is 1.22. The monoisotopic (exact) mass is 185 g/mol. The van der Waals surface area contributed by atoms with Crippen molar-refractivity contribution < 1.29 is 0 Å². The van der Waals surface area contributed by atoms with Gasteiger partial charge in [-0.1, -0.05) is 23.3 Å². The van der Waals surface area contributed by atoms with Crippen molar-refractivity contribution >= 4 is 0 Å². The van der Waals surface area contributed by atoms with Crippen molar-refractivity contribution in [1.82, 2.24) is 20.2 Å². The first-order valence-corrected chi connectivity index (χ1v) is 4.07. The number of nitriles is 1. The maximum Gasteiger partial charge on any atom is 0.257 e. The summed E-state index contributed by atoms with van der Waals surface area (Å²) in [6.07, 6.45) is 0. The molecule has 0 spiro atoms. The van der Waals surface area contributed by atoms with Crippen LogP contribution in [0, 0.1) is 18.3 Å². The van der Waals surface area contributed by atoms with Crippen LogP contribution < -0.4 is 0 Å². The molecule has 0 aliphatic heterocycles. The van der Waals surface area contributed by atoms with E-state index in [2.05, 4.69) is 15.5 Å². The lowest BCUT2D eigenvalue weighted by molar-refractivity contribution is 0.781. The first kappa shape index (κ1) is 8.38. The van der Waals surface area contributed by atoms with Crippen molar-refractivity contribution in [3.8, 4) is 11.8 Å². The molecule has 68 valence electrons. The fraction of sp³-hybridized carbons (Fsp3) is 0.111. The van der Waals surface area contributed by atoms with E-state index in [1.165, 1.54) is 4.68 Å². The molecule has 0 fully saturated rings. The minimum atomic E-state index is 0.194. The van der Waals surface area contributed by atoms with Gasteiger partial charge in [-0.25, -0.2) is 0 Å². The second-order valence-electron chi connectivity index (χ2n) is 2.81. The Hall–Kier alpha value is -2.22. The number of hydrogen-bond donors (Lipinski definition) is 0. The summed E-state index contributed by atoms with van der Waals surface area (Å²) in [5.41, 5.74) is 1.85. The number of hydrogen-bond acceptors (Lipinski definition) is 4. The van der Waals surface area contributed by atoms with Gasteiger partial charge < -0.3 is 0 Å². The largest absolute Gasteiger partial charge is 0.257 e. The van der Waals surface area contributed by atoms with Gasteiger partial charge in [-0.2, -0.15) is 9.94 Å². The van der Waals surface area contributed by atoms with E-state index >= 15 is 0 Å². The second kappa shape index (κ2) is 3.26. The molecule has 0 aliphatic rings. The van der Waals surface area contributed by atoms with Crippen LogP contribution in [0.15, 0.2) is 24.3 Å². The third-order valence-corrected chi connectivity index (χ3v) is 1.91. The first-order valence-electron chi connectivity index (χ1n) is 4.07. The van der Waals surface area contributed by atoms with Crippen LogP contribution in [0.1, 0.15) is 11.4 Å². The molecule has 1 aromatic carbocycles. The molecule has 5 heteroatoms. The number of para-hydroxylation sites is 1. The molecule has 0 bridgehead atoms. The SMILES string of the molecule is Cc1ccccc1-n1nnnc1C#N. The Morgan fingerprint density at radius 1 is 1.36 bits per heavy atom. The molecular formula is C9H7N5. The molecule has 2 aromatic rings. The highest BCUT2D eigenvalue weighted by molar-refractivity contribution is 5.40. The van der Waals surface area contributed by atoms with Crippen LogP contribution >= 0.6 is 0 Å². The predicted octanol–water partition coefficient (Wildman–Crippen LogP) is 0.842. The van der Waals surface area contributed by atoms with E-state index in [0.717, 1.165) is 11.3 Å². The number of aromatic nitrogens is 4. The van der Waals surface area contributed by atoms with E-state index in [0.29, 0.717) is 0 Å². The van der Waals surface area contributed by atoms with Crippen molar-refractivity contribution in [3.63, 3.8) is 0 Å². The minimum absolute atomic E-state index is 0.194. The van der Waals surface area contributed by atoms with Gasteiger partial charge in [-0.05, 0) is 29.0 Å². The van der Waals surface area contributed by atoms with Gasteiger partial charge in [0.05, 0.1) is 5.69 Å². The van der Waals surface area contributed by atoms with Crippen molar-refractivity contribution in [1.29, 1.82) is 5.26 Å². The van der Waals surface area contributed by atoms with Crippen molar-refractivity contribution in [2.24, 2.45) is 0 Å². The summed E-state index contributed by atoms with van der Waals surface area (Å²) in [5.74, 6) is 0.194. The zero-order valence-corrected chi connectivity index (χ0v) is 7.55. The Balaban J connectivity index is 2.62. The second-order valence-corrected chi connectivity index (χ2v) is 2.81. The summed E-state index contributed by atoms with van der Waals surface area (Å²) >= 11 is 0. The summed E-state index contributed by atoms with van der Waals surface area (Å²) < 4.78 is 1.43. The van der Waals surface area contributed by atoms with Crippen LogP contribution in [-0.2, 0) is 0 Å². The molecule has 0 aliphatic carbocycles. The number of benzene rings is 1. The zero-order valence-electron chi connectivity index (χ0n) is 7.55. The highest BCUT2D eigenvalue weighted by atomic mass is 15.5. The molecule has 0 saturated carbocycles. The Bertz CT molecular complexity index is 494. The summed E-state index contributed by atoms with van der Waals surface area (Å²) in [7, 11) is 0. The molecule has 0 atom stereocenters. The van der Waals surface area contributed by atoms with Gasteiger partial charge in [0.1, 0.15) is 6.07 Å². The third-order valence-electron chi connectivity index (χ3n) is 1.91. The quantitative estimate of drug-likeness (QED) is 0.660. The molecule has 2 rings (SSSR count). The van der Waals surface area contributed by atoms with Gasteiger partial charge in [0.15, 0.2) is 0 Å². The van der Waals surface area contributed by atoms with Crippen LogP contribution in [0.4, 0.5) is 0 Å². The number of aryl methyl sites for hydroxylation is 1. The van der Waals surface area contributed by atoms with Gasteiger partial charge in [0.25, 0.3) is 5.82 Å². The normalized spacial score (nSPS) is 9.71. The highest BCUT2D eigenvalue weighted by Gasteiger charge is 2.07. The van der Waals surface area contributed by atoms with Crippen LogP contribution in [0.2, 0.25) is 0 Å². The molecule has 5 nitrogen and oxygen atoms in total. The lowest BCUT2D eigenvalue weighted by atomic mass is 10.2. The predicted molar refractivity (Wildman–Crippen MR) is 48.6 cm³/mol. The number of nitrogens with zero attached hydrogens (tertiary/aromatic N) is 5. The lowest BCUT2D eigenvalue weighted by Gasteiger charge is -2.03. The van der Waals surface area contributed by atoms with E-state index in [1.807, 2.05) is 37.3 Å². The average Bonchev–Trinajstić information content (AvgIpc) is 2.66. The molecule has 0 amide bonds. The molecule has 0 saturated heterocycles. The van der Waals surface area contributed by atoms with Crippen molar-refractivity contribution in [2.75, 3.05) is 0 Å². The van der Waals surface area contributed by atoms with Gasteiger partial charge >= 0.3 is 0 Å². The molecule has 14 heavy (non-hydrogen) atoms. The van der Waals surface area contributed by atoms with E-state index in [1.54, 1.807) is 0 Å². The van der Waals surface area contributed by atoms with Crippen LogP contribution in [0.25, 0.3) is 5.69 Å². The third kappa shape index (κ3) is 1.23. The Morgan fingerprint density at radius 2 is 2.14 bits per heavy atom. The van der Waals surface area contributed by atoms with E-state index in [4.69, 9.17) is 5.26 Å². The summed E-state index contributed by atoms with van der Waals surface area (Å²) in [6, 6.07) is 9.54.